The van der Waals surface area contributed by atoms with Gasteiger partial charge in [-0.1, -0.05) is 6.07 Å². The van der Waals surface area contributed by atoms with Gasteiger partial charge in [0.25, 0.3) is 5.91 Å². The van der Waals surface area contributed by atoms with Crippen molar-refractivity contribution >= 4 is 17.3 Å². The second-order valence-corrected chi connectivity index (χ2v) is 7.75. The highest BCUT2D eigenvalue weighted by Gasteiger charge is 2.33. The largest absolute Gasteiger partial charge is 0.416 e. The number of halogens is 5. The third-order valence-electron chi connectivity index (χ3n) is 5.69. The van der Waals surface area contributed by atoms with Gasteiger partial charge in [-0.05, 0) is 61.4 Å². The van der Waals surface area contributed by atoms with E-state index in [-0.39, 0.29) is 19.1 Å². The maximum Gasteiger partial charge on any atom is 0.416 e. The number of hydrogen-bond acceptors (Lipinski definition) is 3. The van der Waals surface area contributed by atoms with E-state index < -0.39 is 34.8 Å². The molecule has 1 aromatic heterocycles. The fourth-order valence-electron chi connectivity index (χ4n) is 4.07. The number of benzene rings is 2. The number of likely N-dealkylation sites (tertiary alicyclic amines) is 1. The van der Waals surface area contributed by atoms with E-state index in [1.165, 1.54) is 23.1 Å². The fourth-order valence-corrected chi connectivity index (χ4v) is 4.07. The van der Waals surface area contributed by atoms with Crippen molar-refractivity contribution in [2.24, 2.45) is 0 Å². The number of pyridine rings is 1. The summed E-state index contributed by atoms with van der Waals surface area (Å²) in [5.41, 5.74) is -0.0735. The molecule has 4 rings (SSSR count). The standard InChI is InChI=1S/C24H20F5N3O/c25-20-4-1-5-21(26)22(20)23(33)31-13-10-18(11-14-31)32(19-3-2-12-30-15-19)17-8-6-16(7-9-17)24(27,28)29/h1-9,12,15,18H,10-11,13-14H2. The molecule has 0 N–H and O–H groups in total. The third kappa shape index (κ3) is 4.81. The molecule has 2 aromatic carbocycles. The number of carbonyl (C=O) groups excluding carboxylic acids is 1. The normalized spacial score (nSPS) is 14.9. The van der Waals surface area contributed by atoms with Gasteiger partial charge in [0.2, 0.25) is 0 Å². The van der Waals surface area contributed by atoms with Crippen LogP contribution in [0.1, 0.15) is 28.8 Å². The Morgan fingerprint density at radius 1 is 0.909 bits per heavy atom. The summed E-state index contributed by atoms with van der Waals surface area (Å²) in [5, 5.41) is 0. The Morgan fingerprint density at radius 2 is 1.55 bits per heavy atom. The van der Waals surface area contributed by atoms with Gasteiger partial charge in [-0.2, -0.15) is 13.2 Å². The summed E-state index contributed by atoms with van der Waals surface area (Å²) in [6, 6.07) is 11.5. The van der Waals surface area contributed by atoms with Crippen LogP contribution in [0.3, 0.4) is 0 Å². The van der Waals surface area contributed by atoms with Crippen LogP contribution in [0.15, 0.2) is 67.0 Å². The predicted octanol–water partition coefficient (Wildman–Crippen LogP) is 5.82. The first-order valence-electron chi connectivity index (χ1n) is 10.4. The van der Waals surface area contributed by atoms with Crippen molar-refractivity contribution in [2.75, 3.05) is 18.0 Å². The van der Waals surface area contributed by atoms with E-state index in [0.717, 1.165) is 24.3 Å². The summed E-state index contributed by atoms with van der Waals surface area (Å²) in [6.45, 7) is 0.489. The third-order valence-corrected chi connectivity index (χ3v) is 5.69. The highest BCUT2D eigenvalue weighted by Crippen LogP contribution is 2.35. The van der Waals surface area contributed by atoms with E-state index >= 15 is 0 Å². The lowest BCUT2D eigenvalue weighted by atomic mass is 10.00. The summed E-state index contributed by atoms with van der Waals surface area (Å²) in [7, 11) is 0. The number of amides is 1. The van der Waals surface area contributed by atoms with Gasteiger partial charge < -0.3 is 9.80 Å². The molecule has 3 aromatic rings. The predicted molar refractivity (Wildman–Crippen MR) is 113 cm³/mol. The summed E-state index contributed by atoms with van der Waals surface area (Å²) in [4.78, 5) is 20.1. The first kappa shape index (κ1) is 22.7. The molecule has 1 amide bonds. The van der Waals surface area contributed by atoms with Crippen LogP contribution in [0.5, 0.6) is 0 Å². The number of carbonyl (C=O) groups is 1. The van der Waals surface area contributed by atoms with Crippen LogP contribution in [0.4, 0.5) is 33.3 Å². The number of anilines is 2. The van der Waals surface area contributed by atoms with Crippen molar-refractivity contribution in [3.05, 3.63) is 89.8 Å². The van der Waals surface area contributed by atoms with Gasteiger partial charge in [0, 0.05) is 31.0 Å². The Kier molecular flexibility index (Phi) is 6.31. The second-order valence-electron chi connectivity index (χ2n) is 7.75. The summed E-state index contributed by atoms with van der Waals surface area (Å²) < 4.78 is 67.1. The summed E-state index contributed by atoms with van der Waals surface area (Å²) >= 11 is 0. The maximum absolute atomic E-state index is 14.0. The number of nitrogens with zero attached hydrogens (tertiary/aromatic N) is 3. The second kappa shape index (κ2) is 9.17. The van der Waals surface area contributed by atoms with E-state index in [2.05, 4.69) is 4.98 Å². The van der Waals surface area contributed by atoms with E-state index in [1.807, 2.05) is 4.90 Å². The Hall–Kier alpha value is -3.49. The lowest BCUT2D eigenvalue weighted by molar-refractivity contribution is -0.137. The van der Waals surface area contributed by atoms with Crippen molar-refractivity contribution < 1.29 is 26.7 Å². The van der Waals surface area contributed by atoms with Crippen molar-refractivity contribution in [2.45, 2.75) is 25.1 Å². The van der Waals surface area contributed by atoms with Crippen LogP contribution >= 0.6 is 0 Å². The minimum absolute atomic E-state index is 0.152. The van der Waals surface area contributed by atoms with Gasteiger partial charge in [0.15, 0.2) is 0 Å². The molecule has 1 saturated heterocycles. The van der Waals surface area contributed by atoms with Gasteiger partial charge in [0.1, 0.15) is 17.2 Å². The Labute approximate surface area is 187 Å². The molecule has 4 nitrogen and oxygen atoms in total. The van der Waals surface area contributed by atoms with Gasteiger partial charge in [0.05, 0.1) is 17.4 Å². The monoisotopic (exact) mass is 461 g/mol. The molecule has 0 saturated carbocycles. The smallest absolute Gasteiger partial charge is 0.338 e. The van der Waals surface area contributed by atoms with Gasteiger partial charge in [-0.3, -0.25) is 9.78 Å². The Balaban J connectivity index is 1.56. The molecule has 1 aliphatic rings. The quantitative estimate of drug-likeness (QED) is 0.460. The first-order chi connectivity index (χ1) is 15.8. The molecule has 0 aliphatic carbocycles. The van der Waals surface area contributed by atoms with Gasteiger partial charge in [-0.25, -0.2) is 8.78 Å². The van der Waals surface area contributed by atoms with Crippen molar-refractivity contribution in [1.29, 1.82) is 0 Å². The van der Waals surface area contributed by atoms with Crippen LogP contribution in [0, 0.1) is 11.6 Å². The molecule has 0 radical (unpaired) electrons. The summed E-state index contributed by atoms with van der Waals surface area (Å²) in [6.07, 6.45) is -0.316. The summed E-state index contributed by atoms with van der Waals surface area (Å²) in [5.74, 6) is -2.54. The number of hydrogen-bond donors (Lipinski definition) is 0. The van der Waals surface area contributed by atoms with E-state index in [9.17, 15) is 26.7 Å². The molecule has 0 atom stereocenters. The highest BCUT2D eigenvalue weighted by atomic mass is 19.4. The lowest BCUT2D eigenvalue weighted by Crippen LogP contribution is -2.45. The molecule has 0 unspecified atom stereocenters. The molecule has 33 heavy (non-hydrogen) atoms. The number of alkyl halides is 3. The van der Waals surface area contributed by atoms with Crippen LogP contribution < -0.4 is 4.90 Å². The minimum atomic E-state index is -4.44. The fraction of sp³-hybridized carbons (Fsp3) is 0.250. The zero-order chi connectivity index (χ0) is 23.6. The van der Waals surface area contributed by atoms with Gasteiger partial charge in [-0.15, -0.1) is 0 Å². The van der Waals surface area contributed by atoms with E-state index in [4.69, 9.17) is 0 Å². The number of rotatable bonds is 4. The molecule has 1 fully saturated rings. The van der Waals surface area contributed by atoms with Crippen molar-refractivity contribution in [1.82, 2.24) is 9.88 Å². The lowest BCUT2D eigenvalue weighted by Gasteiger charge is -2.39. The van der Waals surface area contributed by atoms with Crippen molar-refractivity contribution in [3.63, 3.8) is 0 Å². The molecule has 0 bridgehead atoms. The number of piperidine rings is 1. The molecular weight excluding hydrogens is 441 g/mol. The van der Waals surface area contributed by atoms with Gasteiger partial charge >= 0.3 is 6.18 Å². The molecular formula is C24H20F5N3O. The van der Waals surface area contributed by atoms with Crippen LogP contribution in [-0.4, -0.2) is 34.9 Å². The SMILES string of the molecule is O=C(c1c(F)cccc1F)N1CCC(N(c2ccc(C(F)(F)F)cc2)c2cccnc2)CC1. The molecule has 9 heteroatoms. The topological polar surface area (TPSA) is 36.4 Å². The zero-order valence-corrected chi connectivity index (χ0v) is 17.4. The maximum atomic E-state index is 14.0. The Bertz CT molecular complexity index is 1090. The van der Waals surface area contributed by atoms with Crippen molar-refractivity contribution in [3.8, 4) is 0 Å². The molecule has 0 spiro atoms. The molecule has 2 heterocycles. The first-order valence-corrected chi connectivity index (χ1v) is 10.4. The van der Waals surface area contributed by atoms with E-state index in [1.54, 1.807) is 24.5 Å². The Morgan fingerprint density at radius 3 is 2.09 bits per heavy atom. The zero-order valence-electron chi connectivity index (χ0n) is 17.4. The average Bonchev–Trinajstić information content (AvgIpc) is 2.80. The average molecular weight is 461 g/mol. The van der Waals surface area contributed by atoms with Crippen LogP contribution in [0.25, 0.3) is 0 Å². The molecule has 172 valence electrons. The molecule has 1 aliphatic heterocycles. The number of aromatic nitrogens is 1. The van der Waals surface area contributed by atoms with Crippen LogP contribution in [-0.2, 0) is 6.18 Å². The minimum Gasteiger partial charge on any atom is -0.338 e. The highest BCUT2D eigenvalue weighted by molar-refractivity contribution is 5.94. The van der Waals surface area contributed by atoms with Crippen LogP contribution in [0.2, 0.25) is 0 Å². The van der Waals surface area contributed by atoms with E-state index in [0.29, 0.717) is 24.2 Å².